The monoisotopic (exact) mass is 675 g/mol. The van der Waals surface area contributed by atoms with Gasteiger partial charge in [0.05, 0.1) is 13.2 Å². The van der Waals surface area contributed by atoms with E-state index in [4.69, 9.17) is 24.3 Å². The Bertz CT molecular complexity index is 779. The van der Waals surface area contributed by atoms with Crippen molar-refractivity contribution in [2.24, 2.45) is 5.73 Å². The number of hydrogen-bond acceptors (Lipinski definition) is 8. The highest BCUT2D eigenvalue weighted by Gasteiger charge is 2.25. The summed E-state index contributed by atoms with van der Waals surface area (Å²) < 4.78 is 32.6. The molecule has 0 aliphatic carbocycles. The summed E-state index contributed by atoms with van der Waals surface area (Å²) in [6.45, 7) is 3.70. The summed E-state index contributed by atoms with van der Waals surface area (Å²) in [4.78, 5) is 34.6. The van der Waals surface area contributed by atoms with Gasteiger partial charge < -0.3 is 20.1 Å². The number of esters is 2. The van der Waals surface area contributed by atoms with E-state index in [1.54, 1.807) is 0 Å². The Balaban J connectivity index is 4.23. The highest BCUT2D eigenvalue weighted by molar-refractivity contribution is 7.47. The fourth-order valence-corrected chi connectivity index (χ4v) is 5.86. The zero-order chi connectivity index (χ0) is 34.0. The molecule has 0 aromatic carbocycles. The van der Waals surface area contributed by atoms with E-state index in [0.717, 1.165) is 51.4 Å². The van der Waals surface area contributed by atoms with Crippen molar-refractivity contribution in [1.82, 2.24) is 0 Å². The summed E-state index contributed by atoms with van der Waals surface area (Å²) >= 11 is 0. The second-order valence-electron chi connectivity index (χ2n) is 12.4. The zero-order valence-electron chi connectivity index (χ0n) is 29.6. The Hall–Kier alpha value is -1.25. The molecule has 10 heteroatoms. The molecule has 0 saturated carbocycles. The molecular formula is C36H70NO8P. The maximum Gasteiger partial charge on any atom is 0.472 e. The van der Waals surface area contributed by atoms with Crippen molar-refractivity contribution in [2.45, 2.75) is 180 Å². The Morgan fingerprint density at radius 1 is 0.630 bits per heavy atom. The predicted molar refractivity (Wildman–Crippen MR) is 188 cm³/mol. The molecular weight excluding hydrogens is 605 g/mol. The van der Waals surface area contributed by atoms with E-state index in [-0.39, 0.29) is 38.6 Å². The van der Waals surface area contributed by atoms with Crippen LogP contribution in [0.25, 0.3) is 0 Å². The van der Waals surface area contributed by atoms with E-state index >= 15 is 0 Å². The summed E-state index contributed by atoms with van der Waals surface area (Å²) in [6, 6.07) is 0. The maximum atomic E-state index is 12.5. The van der Waals surface area contributed by atoms with Crippen molar-refractivity contribution in [3.63, 3.8) is 0 Å². The van der Waals surface area contributed by atoms with Crippen molar-refractivity contribution in [3.8, 4) is 0 Å². The van der Waals surface area contributed by atoms with Crippen molar-refractivity contribution in [3.05, 3.63) is 12.2 Å². The average Bonchev–Trinajstić information content (AvgIpc) is 3.04. The first-order valence-corrected chi connectivity index (χ1v) is 20.2. The Morgan fingerprint density at radius 2 is 1.07 bits per heavy atom. The molecule has 0 aromatic rings. The minimum absolute atomic E-state index is 0.0544. The molecule has 9 nitrogen and oxygen atoms in total. The Labute approximate surface area is 281 Å². The van der Waals surface area contributed by atoms with E-state index < -0.39 is 26.5 Å². The SMILES string of the molecule is CCCCCCCC/C=C\CCCCCCCC(=O)O[C@H](COC(=O)CCCCCCCCCCCC)COP(=O)(O)OCCN. The van der Waals surface area contributed by atoms with Gasteiger partial charge in [0.15, 0.2) is 6.10 Å². The van der Waals surface area contributed by atoms with Gasteiger partial charge in [-0.25, -0.2) is 4.57 Å². The van der Waals surface area contributed by atoms with Gasteiger partial charge in [0.1, 0.15) is 6.61 Å². The average molecular weight is 676 g/mol. The number of ether oxygens (including phenoxy) is 2. The quantitative estimate of drug-likeness (QED) is 0.0291. The molecule has 1 unspecified atom stereocenters. The third-order valence-electron chi connectivity index (χ3n) is 7.90. The number of nitrogens with two attached hydrogens (primary N) is 1. The lowest BCUT2D eigenvalue weighted by Crippen LogP contribution is -2.29. The number of phosphoric acid groups is 1. The largest absolute Gasteiger partial charge is 0.472 e. The molecule has 2 atom stereocenters. The van der Waals surface area contributed by atoms with Gasteiger partial charge in [-0.2, -0.15) is 0 Å². The summed E-state index contributed by atoms with van der Waals surface area (Å²) in [5.74, 6) is -0.836. The van der Waals surface area contributed by atoms with Crippen molar-refractivity contribution in [1.29, 1.82) is 0 Å². The Kier molecular flexibility index (Phi) is 32.7. The van der Waals surface area contributed by atoms with Gasteiger partial charge in [-0.3, -0.25) is 18.6 Å². The van der Waals surface area contributed by atoms with E-state index in [1.165, 1.54) is 89.9 Å². The number of carbonyl (C=O) groups excluding carboxylic acids is 2. The highest BCUT2D eigenvalue weighted by Crippen LogP contribution is 2.43. The normalized spacial score (nSPS) is 13.6. The van der Waals surface area contributed by atoms with E-state index in [2.05, 4.69) is 26.0 Å². The van der Waals surface area contributed by atoms with Crippen LogP contribution < -0.4 is 5.73 Å². The molecule has 0 rings (SSSR count). The lowest BCUT2D eigenvalue weighted by molar-refractivity contribution is -0.161. The van der Waals surface area contributed by atoms with Gasteiger partial charge in [0.25, 0.3) is 0 Å². The van der Waals surface area contributed by atoms with Gasteiger partial charge in [0, 0.05) is 19.4 Å². The van der Waals surface area contributed by atoms with Crippen molar-refractivity contribution >= 4 is 19.8 Å². The van der Waals surface area contributed by atoms with Crippen LogP contribution in [-0.4, -0.2) is 49.3 Å². The first-order valence-electron chi connectivity index (χ1n) is 18.7. The molecule has 0 aromatic heterocycles. The molecule has 272 valence electrons. The molecule has 0 fully saturated rings. The third kappa shape index (κ3) is 32.7. The second-order valence-corrected chi connectivity index (χ2v) is 13.9. The topological polar surface area (TPSA) is 134 Å². The van der Waals surface area contributed by atoms with Crippen molar-refractivity contribution < 1.29 is 37.6 Å². The summed E-state index contributed by atoms with van der Waals surface area (Å²) in [6.07, 6.45) is 31.0. The van der Waals surface area contributed by atoms with Gasteiger partial charge >= 0.3 is 19.8 Å². The number of hydrogen-bond donors (Lipinski definition) is 2. The minimum atomic E-state index is -4.36. The van der Waals surface area contributed by atoms with Crippen molar-refractivity contribution in [2.75, 3.05) is 26.4 Å². The molecule has 0 saturated heterocycles. The maximum absolute atomic E-state index is 12.5. The summed E-state index contributed by atoms with van der Waals surface area (Å²) in [5, 5.41) is 0. The molecule has 0 amide bonds. The third-order valence-corrected chi connectivity index (χ3v) is 8.89. The van der Waals surface area contributed by atoms with E-state index in [0.29, 0.717) is 6.42 Å². The van der Waals surface area contributed by atoms with Crippen LogP contribution in [0.1, 0.15) is 174 Å². The molecule has 3 N–H and O–H groups in total. The predicted octanol–water partition coefficient (Wildman–Crippen LogP) is 9.88. The molecule has 0 bridgehead atoms. The zero-order valence-corrected chi connectivity index (χ0v) is 30.5. The number of carbonyl (C=O) groups is 2. The van der Waals surface area contributed by atoms with Gasteiger partial charge in [0.2, 0.25) is 0 Å². The van der Waals surface area contributed by atoms with Crippen LogP contribution in [0, 0.1) is 0 Å². The summed E-state index contributed by atoms with van der Waals surface area (Å²) in [5.41, 5.74) is 5.32. The first-order chi connectivity index (χ1) is 22.3. The fourth-order valence-electron chi connectivity index (χ4n) is 5.10. The molecule has 0 spiro atoms. The minimum Gasteiger partial charge on any atom is -0.462 e. The lowest BCUT2D eigenvalue weighted by atomic mass is 10.1. The van der Waals surface area contributed by atoms with E-state index in [1.807, 2.05) is 0 Å². The molecule has 0 aliphatic rings. The number of rotatable bonds is 35. The lowest BCUT2D eigenvalue weighted by Gasteiger charge is -2.19. The molecule has 0 heterocycles. The van der Waals surface area contributed by atoms with Crippen LogP contribution >= 0.6 is 7.82 Å². The standard InChI is InChI=1S/C36H70NO8P/c1-3-5-7-9-11-13-15-16-17-18-19-21-23-25-27-29-36(39)45-34(33-44-46(40,41)43-31-30-37)32-42-35(38)28-26-24-22-20-14-12-10-8-6-4-2/h16-17,34H,3-15,18-33,37H2,1-2H3,(H,40,41)/b17-16-/t34-/m1/s1. The van der Waals surface area contributed by atoms with Crippen LogP contribution in [0.15, 0.2) is 12.2 Å². The van der Waals surface area contributed by atoms with Gasteiger partial charge in [-0.15, -0.1) is 0 Å². The number of allylic oxidation sites excluding steroid dienone is 2. The smallest absolute Gasteiger partial charge is 0.462 e. The fraction of sp³-hybridized carbons (Fsp3) is 0.889. The van der Waals surface area contributed by atoms with E-state index in [9.17, 15) is 19.0 Å². The van der Waals surface area contributed by atoms with Crippen LogP contribution in [0.3, 0.4) is 0 Å². The highest BCUT2D eigenvalue weighted by atomic mass is 31.2. The Morgan fingerprint density at radius 3 is 1.54 bits per heavy atom. The number of phosphoric ester groups is 1. The first kappa shape index (κ1) is 44.8. The molecule has 0 aliphatic heterocycles. The van der Waals surface area contributed by atoms with Gasteiger partial charge in [-0.1, -0.05) is 135 Å². The van der Waals surface area contributed by atoms with Crippen LogP contribution in [-0.2, 0) is 32.7 Å². The van der Waals surface area contributed by atoms with Crippen LogP contribution in [0.4, 0.5) is 0 Å². The van der Waals surface area contributed by atoms with Crippen LogP contribution in [0.5, 0.6) is 0 Å². The molecule has 46 heavy (non-hydrogen) atoms. The second kappa shape index (κ2) is 33.6. The molecule has 0 radical (unpaired) electrons. The summed E-state index contributed by atoms with van der Waals surface area (Å²) in [7, 11) is -4.36. The number of unbranched alkanes of at least 4 members (excludes halogenated alkanes) is 20. The van der Waals surface area contributed by atoms with Crippen LogP contribution in [0.2, 0.25) is 0 Å². The van der Waals surface area contributed by atoms with Gasteiger partial charge in [-0.05, 0) is 38.5 Å².